The van der Waals surface area contributed by atoms with Gasteiger partial charge in [-0.2, -0.15) is 0 Å². The lowest BCUT2D eigenvalue weighted by Gasteiger charge is -2.11. The van der Waals surface area contributed by atoms with Crippen molar-refractivity contribution in [2.45, 2.75) is 32.2 Å². The number of anilines is 1. The Hall–Kier alpha value is -1.42. The molecule has 0 radical (unpaired) electrons. The van der Waals surface area contributed by atoms with Crippen molar-refractivity contribution < 1.29 is 9.18 Å². The van der Waals surface area contributed by atoms with Crippen molar-refractivity contribution >= 4 is 11.6 Å². The molecule has 16 heavy (non-hydrogen) atoms. The normalized spacial score (nSPS) is 12.2. The molecule has 0 aliphatic heterocycles. The Morgan fingerprint density at radius 3 is 2.94 bits per heavy atom. The van der Waals surface area contributed by atoms with Crippen LogP contribution in [-0.2, 0) is 4.79 Å². The molecule has 0 spiro atoms. The van der Waals surface area contributed by atoms with Crippen LogP contribution >= 0.6 is 0 Å². The second-order valence-corrected chi connectivity index (χ2v) is 3.75. The first kappa shape index (κ1) is 12.6. The zero-order valence-electron chi connectivity index (χ0n) is 9.37. The number of nitrogens with one attached hydrogen (secondary N) is 1. The van der Waals surface area contributed by atoms with Crippen molar-refractivity contribution in [3.63, 3.8) is 0 Å². The summed E-state index contributed by atoms with van der Waals surface area (Å²) < 4.78 is 12.8. The summed E-state index contributed by atoms with van der Waals surface area (Å²) in [4.78, 5) is 11.6. The third-order valence-corrected chi connectivity index (χ3v) is 2.30. The Morgan fingerprint density at radius 1 is 1.56 bits per heavy atom. The second-order valence-electron chi connectivity index (χ2n) is 3.75. The lowest BCUT2D eigenvalue weighted by molar-refractivity contribution is -0.117. The van der Waals surface area contributed by atoms with Crippen molar-refractivity contribution in [3.05, 3.63) is 30.1 Å². The Kier molecular flexibility index (Phi) is 4.92. The van der Waals surface area contributed by atoms with Crippen molar-refractivity contribution in [2.75, 3.05) is 5.32 Å². The van der Waals surface area contributed by atoms with Gasteiger partial charge in [-0.1, -0.05) is 25.8 Å². The topological polar surface area (TPSA) is 55.1 Å². The highest BCUT2D eigenvalue weighted by Crippen LogP contribution is 2.10. The van der Waals surface area contributed by atoms with Crippen LogP contribution in [0, 0.1) is 5.82 Å². The predicted molar refractivity (Wildman–Crippen MR) is 62.5 cm³/mol. The van der Waals surface area contributed by atoms with E-state index in [1.165, 1.54) is 12.1 Å². The van der Waals surface area contributed by atoms with Gasteiger partial charge >= 0.3 is 0 Å². The molecule has 0 aromatic heterocycles. The summed E-state index contributed by atoms with van der Waals surface area (Å²) in [6.45, 7) is 2.04. The fraction of sp³-hybridized carbons (Fsp3) is 0.417. The van der Waals surface area contributed by atoms with E-state index in [0.717, 1.165) is 12.8 Å². The van der Waals surface area contributed by atoms with Crippen molar-refractivity contribution in [1.29, 1.82) is 0 Å². The van der Waals surface area contributed by atoms with Crippen molar-refractivity contribution in [3.8, 4) is 0 Å². The van der Waals surface area contributed by atoms with Crippen LogP contribution in [0.25, 0.3) is 0 Å². The molecule has 0 aliphatic rings. The number of rotatable bonds is 5. The lowest BCUT2D eigenvalue weighted by Crippen LogP contribution is -2.35. The minimum atomic E-state index is -0.525. The average molecular weight is 224 g/mol. The molecule has 1 atom stereocenters. The van der Waals surface area contributed by atoms with Crippen LogP contribution in [0.2, 0.25) is 0 Å². The molecule has 0 saturated heterocycles. The third kappa shape index (κ3) is 3.98. The average Bonchev–Trinajstić information content (AvgIpc) is 2.25. The molecule has 88 valence electrons. The molecule has 4 heteroatoms. The number of unbranched alkanes of at least 4 members (excludes halogenated alkanes) is 1. The van der Waals surface area contributed by atoms with Gasteiger partial charge in [0.15, 0.2) is 0 Å². The molecule has 3 N–H and O–H groups in total. The van der Waals surface area contributed by atoms with Gasteiger partial charge in [0, 0.05) is 5.69 Å². The largest absolute Gasteiger partial charge is 0.325 e. The quantitative estimate of drug-likeness (QED) is 0.806. The lowest BCUT2D eigenvalue weighted by atomic mass is 10.1. The van der Waals surface area contributed by atoms with Crippen LogP contribution in [0.5, 0.6) is 0 Å². The van der Waals surface area contributed by atoms with Gasteiger partial charge in [0.25, 0.3) is 0 Å². The van der Waals surface area contributed by atoms with Gasteiger partial charge in [-0.3, -0.25) is 4.79 Å². The maximum Gasteiger partial charge on any atom is 0.241 e. The van der Waals surface area contributed by atoms with E-state index >= 15 is 0 Å². The van der Waals surface area contributed by atoms with E-state index in [-0.39, 0.29) is 11.7 Å². The monoisotopic (exact) mass is 224 g/mol. The highest BCUT2D eigenvalue weighted by molar-refractivity contribution is 5.94. The minimum absolute atomic E-state index is 0.265. The van der Waals surface area contributed by atoms with E-state index in [1.54, 1.807) is 12.1 Å². The standard InChI is InChI=1S/C12H17FN2O/c1-2-3-7-11(14)12(16)15-10-6-4-5-9(13)8-10/h4-6,8,11H,2-3,7,14H2,1H3,(H,15,16). The number of hydrogen-bond acceptors (Lipinski definition) is 2. The number of carbonyl (C=O) groups excluding carboxylic acids is 1. The van der Waals surface area contributed by atoms with Crippen LogP contribution in [0.4, 0.5) is 10.1 Å². The Labute approximate surface area is 94.8 Å². The SMILES string of the molecule is CCCCC(N)C(=O)Nc1cccc(F)c1. The molecular weight excluding hydrogens is 207 g/mol. The van der Waals surface area contributed by atoms with E-state index < -0.39 is 6.04 Å². The molecule has 0 heterocycles. The first-order valence-corrected chi connectivity index (χ1v) is 5.45. The Bertz CT molecular complexity index is 355. The molecule has 0 saturated carbocycles. The summed E-state index contributed by atoms with van der Waals surface area (Å²) in [5.74, 6) is -0.640. The van der Waals surface area contributed by atoms with Gasteiger partial charge in [0.1, 0.15) is 5.82 Å². The van der Waals surface area contributed by atoms with Gasteiger partial charge in [-0.15, -0.1) is 0 Å². The molecule has 1 unspecified atom stereocenters. The van der Waals surface area contributed by atoms with Crippen molar-refractivity contribution in [1.82, 2.24) is 0 Å². The number of benzene rings is 1. The number of halogens is 1. The number of hydrogen-bond donors (Lipinski definition) is 2. The van der Waals surface area contributed by atoms with Gasteiger partial charge < -0.3 is 11.1 Å². The highest BCUT2D eigenvalue weighted by Gasteiger charge is 2.12. The first-order valence-electron chi connectivity index (χ1n) is 5.45. The summed E-state index contributed by atoms with van der Waals surface area (Å²) in [6, 6.07) is 5.25. The summed E-state index contributed by atoms with van der Waals surface area (Å²) in [5.41, 5.74) is 6.13. The maximum atomic E-state index is 12.8. The number of carbonyl (C=O) groups is 1. The molecular formula is C12H17FN2O. The van der Waals surface area contributed by atoms with Crippen LogP contribution < -0.4 is 11.1 Å². The van der Waals surface area contributed by atoms with Gasteiger partial charge in [-0.25, -0.2) is 4.39 Å². The smallest absolute Gasteiger partial charge is 0.241 e. The molecule has 0 fully saturated rings. The number of nitrogens with two attached hydrogens (primary N) is 1. The van der Waals surface area contributed by atoms with Gasteiger partial charge in [0.05, 0.1) is 6.04 Å². The molecule has 1 rings (SSSR count). The highest BCUT2D eigenvalue weighted by atomic mass is 19.1. The first-order chi connectivity index (χ1) is 7.63. The summed E-state index contributed by atoms with van der Waals surface area (Å²) in [6.07, 6.45) is 2.57. The minimum Gasteiger partial charge on any atom is -0.325 e. The zero-order chi connectivity index (χ0) is 12.0. The summed E-state index contributed by atoms with van der Waals surface area (Å²) in [7, 11) is 0. The van der Waals surface area contributed by atoms with E-state index in [0.29, 0.717) is 12.1 Å². The second kappa shape index (κ2) is 6.23. The van der Waals surface area contributed by atoms with Crippen LogP contribution in [-0.4, -0.2) is 11.9 Å². The molecule has 1 amide bonds. The van der Waals surface area contributed by atoms with Crippen molar-refractivity contribution in [2.24, 2.45) is 5.73 Å². The Balaban J connectivity index is 2.50. The fourth-order valence-electron chi connectivity index (χ4n) is 1.36. The summed E-state index contributed by atoms with van der Waals surface area (Å²) >= 11 is 0. The molecule has 1 aromatic carbocycles. The molecule has 0 aliphatic carbocycles. The van der Waals surface area contributed by atoms with Gasteiger partial charge in [-0.05, 0) is 24.6 Å². The Morgan fingerprint density at radius 2 is 2.31 bits per heavy atom. The molecule has 1 aromatic rings. The van der Waals surface area contributed by atoms with E-state index in [2.05, 4.69) is 5.32 Å². The predicted octanol–water partition coefficient (Wildman–Crippen LogP) is 2.28. The summed E-state index contributed by atoms with van der Waals surface area (Å²) in [5, 5.41) is 2.59. The van der Waals surface area contributed by atoms with E-state index in [4.69, 9.17) is 5.73 Å². The van der Waals surface area contributed by atoms with E-state index in [9.17, 15) is 9.18 Å². The van der Waals surface area contributed by atoms with E-state index in [1.807, 2.05) is 6.92 Å². The maximum absolute atomic E-state index is 12.8. The zero-order valence-corrected chi connectivity index (χ0v) is 9.37. The fourth-order valence-corrected chi connectivity index (χ4v) is 1.36. The van der Waals surface area contributed by atoms with Crippen LogP contribution in [0.1, 0.15) is 26.2 Å². The molecule has 0 bridgehead atoms. The third-order valence-electron chi connectivity index (χ3n) is 2.30. The number of amides is 1. The van der Waals surface area contributed by atoms with Crippen LogP contribution in [0.15, 0.2) is 24.3 Å². The molecule has 3 nitrogen and oxygen atoms in total. The van der Waals surface area contributed by atoms with Gasteiger partial charge in [0.2, 0.25) is 5.91 Å². The van der Waals surface area contributed by atoms with Crippen LogP contribution in [0.3, 0.4) is 0 Å².